The van der Waals surface area contributed by atoms with Gasteiger partial charge in [-0.05, 0) is 31.9 Å². The van der Waals surface area contributed by atoms with Gasteiger partial charge in [0.15, 0.2) is 5.82 Å². The van der Waals surface area contributed by atoms with Gasteiger partial charge in [-0.2, -0.15) is 4.98 Å². The monoisotopic (exact) mass is 381 g/mol. The van der Waals surface area contributed by atoms with Gasteiger partial charge in [0.2, 0.25) is 5.95 Å². The summed E-state index contributed by atoms with van der Waals surface area (Å²) >= 11 is 0. The van der Waals surface area contributed by atoms with Crippen molar-refractivity contribution in [3.8, 4) is 0 Å². The summed E-state index contributed by atoms with van der Waals surface area (Å²) in [6.07, 6.45) is 2.98. The number of nitrogens with one attached hydrogen (secondary N) is 3. The third kappa shape index (κ3) is 4.37. The summed E-state index contributed by atoms with van der Waals surface area (Å²) in [5.41, 5.74) is 9.93. The van der Waals surface area contributed by atoms with Crippen LogP contribution in [0.25, 0.3) is 0 Å². The third-order valence-electron chi connectivity index (χ3n) is 4.27. The number of aromatic amines is 1. The average Bonchev–Trinajstić information content (AvgIpc) is 2.62. The fourth-order valence-corrected chi connectivity index (χ4v) is 2.98. The molecule has 5 N–H and O–H groups in total. The van der Waals surface area contributed by atoms with E-state index in [0.717, 1.165) is 16.8 Å². The number of rotatable bonds is 6. The number of aromatic nitrogens is 4. The molecule has 0 aliphatic rings. The lowest BCUT2D eigenvalue weighted by atomic mass is 10.1. The molecule has 9 heteroatoms. The molecule has 0 saturated heterocycles. The highest BCUT2D eigenvalue weighted by atomic mass is 16.2. The number of hydrogen-bond acceptors (Lipinski definition) is 7. The molecule has 0 saturated carbocycles. The minimum atomic E-state index is -0.458. The fraction of sp³-hybridized carbons (Fsp3) is 0.263. The lowest BCUT2D eigenvalue weighted by molar-refractivity contribution is 0.667. The van der Waals surface area contributed by atoms with Crippen LogP contribution in [0.5, 0.6) is 0 Å². The molecule has 1 aromatic carbocycles. The minimum Gasteiger partial charge on any atom is -0.394 e. The minimum absolute atomic E-state index is 0.349. The highest BCUT2D eigenvalue weighted by molar-refractivity contribution is 5.73. The first-order chi connectivity index (χ1) is 13.3. The Labute approximate surface area is 161 Å². The molecule has 3 aromatic rings. The van der Waals surface area contributed by atoms with Gasteiger partial charge in [-0.3, -0.25) is 14.3 Å². The van der Waals surface area contributed by atoms with Gasteiger partial charge in [0, 0.05) is 31.0 Å². The Morgan fingerprint density at radius 3 is 2.57 bits per heavy atom. The zero-order valence-corrected chi connectivity index (χ0v) is 16.0. The normalized spacial score (nSPS) is 10.7. The Hall–Kier alpha value is -3.62. The van der Waals surface area contributed by atoms with Crippen LogP contribution in [0.2, 0.25) is 0 Å². The van der Waals surface area contributed by atoms with E-state index in [1.165, 1.54) is 28.6 Å². The summed E-state index contributed by atoms with van der Waals surface area (Å²) in [6, 6.07) is 5.48. The van der Waals surface area contributed by atoms with Crippen LogP contribution in [0.4, 0.5) is 23.1 Å². The van der Waals surface area contributed by atoms with Crippen molar-refractivity contribution in [3.63, 3.8) is 0 Å². The Kier molecular flexibility index (Phi) is 5.44. The molecule has 0 bridgehead atoms. The van der Waals surface area contributed by atoms with Gasteiger partial charge < -0.3 is 16.4 Å². The van der Waals surface area contributed by atoms with Gasteiger partial charge in [0.05, 0.1) is 11.9 Å². The first-order valence-corrected chi connectivity index (χ1v) is 8.84. The second-order valence-corrected chi connectivity index (χ2v) is 6.63. The van der Waals surface area contributed by atoms with E-state index >= 15 is 0 Å². The lowest BCUT2D eigenvalue weighted by Gasteiger charge is -2.15. The largest absolute Gasteiger partial charge is 0.394 e. The first-order valence-electron chi connectivity index (χ1n) is 8.84. The van der Waals surface area contributed by atoms with Gasteiger partial charge in [-0.25, -0.2) is 9.78 Å². The molecule has 9 nitrogen and oxygen atoms in total. The van der Waals surface area contributed by atoms with Gasteiger partial charge in [0.1, 0.15) is 0 Å². The maximum absolute atomic E-state index is 11.7. The molecule has 0 atom stereocenters. The topological polar surface area (TPSA) is 131 Å². The second-order valence-electron chi connectivity index (χ2n) is 6.63. The molecule has 0 aliphatic heterocycles. The molecule has 2 heterocycles. The summed E-state index contributed by atoms with van der Waals surface area (Å²) in [7, 11) is 0. The third-order valence-corrected chi connectivity index (χ3v) is 4.27. The van der Waals surface area contributed by atoms with Crippen LogP contribution < -0.4 is 27.6 Å². The second kappa shape index (κ2) is 7.95. The summed E-state index contributed by atoms with van der Waals surface area (Å²) in [4.78, 5) is 33.6. The van der Waals surface area contributed by atoms with Gasteiger partial charge in [0.25, 0.3) is 5.56 Å². The number of benzene rings is 1. The zero-order valence-electron chi connectivity index (χ0n) is 16.0. The molecule has 0 amide bonds. The molecule has 28 heavy (non-hydrogen) atoms. The molecule has 146 valence electrons. The van der Waals surface area contributed by atoms with Crippen LogP contribution in [-0.2, 0) is 6.54 Å². The molecular formula is C19H23N7O2. The zero-order chi connectivity index (χ0) is 20.3. The highest BCUT2D eigenvalue weighted by Crippen LogP contribution is 2.27. The standard InChI is InChI=1S/C19H23N7O2/c1-11-8-12(2)16(13(3)9-11)24-17-14(20)10-22-18(25-17)21-5-7-26-6-4-15(27)23-19(26)28/h4,6,8-10H,5,7,20H2,1-3H3,(H,23,27,28)(H2,21,22,24,25). The van der Waals surface area contributed by atoms with Gasteiger partial charge in [-0.1, -0.05) is 17.7 Å². The molecule has 2 aromatic heterocycles. The Morgan fingerprint density at radius 1 is 1.18 bits per heavy atom. The van der Waals surface area contributed by atoms with Crippen molar-refractivity contribution in [2.45, 2.75) is 27.3 Å². The van der Waals surface area contributed by atoms with Crippen LogP contribution in [0, 0.1) is 20.8 Å². The van der Waals surface area contributed by atoms with Crippen molar-refractivity contribution in [2.24, 2.45) is 0 Å². The van der Waals surface area contributed by atoms with E-state index in [9.17, 15) is 9.59 Å². The van der Waals surface area contributed by atoms with E-state index in [2.05, 4.69) is 44.6 Å². The maximum Gasteiger partial charge on any atom is 0.328 e. The molecule has 0 radical (unpaired) electrons. The predicted octanol–water partition coefficient (Wildman–Crippen LogP) is 1.69. The number of nitrogens with two attached hydrogens (primary N) is 1. The highest BCUT2D eigenvalue weighted by Gasteiger charge is 2.09. The molecule has 0 unspecified atom stereocenters. The molecule has 0 aliphatic carbocycles. The summed E-state index contributed by atoms with van der Waals surface area (Å²) < 4.78 is 1.39. The maximum atomic E-state index is 11.7. The molecule has 0 fully saturated rings. The van der Waals surface area contributed by atoms with Crippen LogP contribution in [-0.4, -0.2) is 26.1 Å². The van der Waals surface area contributed by atoms with Crippen LogP contribution in [0.3, 0.4) is 0 Å². The smallest absolute Gasteiger partial charge is 0.328 e. The summed E-state index contributed by atoms with van der Waals surface area (Å²) in [5.74, 6) is 0.894. The van der Waals surface area contributed by atoms with E-state index in [0.29, 0.717) is 30.5 Å². The van der Waals surface area contributed by atoms with E-state index in [4.69, 9.17) is 5.73 Å². The van der Waals surface area contributed by atoms with E-state index in [1.807, 2.05) is 13.8 Å². The Balaban J connectivity index is 1.73. The molecule has 3 rings (SSSR count). The number of aryl methyl sites for hydroxylation is 3. The number of hydrogen-bond donors (Lipinski definition) is 4. The molecule has 0 spiro atoms. The fourth-order valence-electron chi connectivity index (χ4n) is 2.98. The van der Waals surface area contributed by atoms with Crippen molar-refractivity contribution in [1.82, 2.24) is 19.5 Å². The van der Waals surface area contributed by atoms with Crippen molar-refractivity contribution < 1.29 is 0 Å². The van der Waals surface area contributed by atoms with Crippen molar-refractivity contribution in [2.75, 3.05) is 22.9 Å². The lowest BCUT2D eigenvalue weighted by Crippen LogP contribution is -2.30. The SMILES string of the molecule is Cc1cc(C)c(Nc2nc(NCCn3ccc(=O)[nH]c3=O)ncc2N)c(C)c1. The Morgan fingerprint density at radius 2 is 1.89 bits per heavy atom. The van der Waals surface area contributed by atoms with Gasteiger partial charge in [-0.15, -0.1) is 0 Å². The summed E-state index contributed by atoms with van der Waals surface area (Å²) in [5, 5.41) is 6.35. The van der Waals surface area contributed by atoms with E-state index in [-0.39, 0.29) is 0 Å². The van der Waals surface area contributed by atoms with Crippen molar-refractivity contribution in [3.05, 3.63) is 68.1 Å². The van der Waals surface area contributed by atoms with E-state index < -0.39 is 11.2 Å². The first kappa shape index (κ1) is 19.2. The van der Waals surface area contributed by atoms with Crippen LogP contribution in [0.15, 0.2) is 40.2 Å². The summed E-state index contributed by atoms with van der Waals surface area (Å²) in [6.45, 7) is 6.86. The van der Waals surface area contributed by atoms with Crippen molar-refractivity contribution in [1.29, 1.82) is 0 Å². The average molecular weight is 381 g/mol. The number of H-pyrrole nitrogens is 1. The van der Waals surface area contributed by atoms with Crippen LogP contribution >= 0.6 is 0 Å². The number of nitrogen functional groups attached to an aromatic ring is 1. The van der Waals surface area contributed by atoms with Crippen molar-refractivity contribution >= 4 is 23.1 Å². The number of anilines is 4. The molecular weight excluding hydrogens is 358 g/mol. The van der Waals surface area contributed by atoms with Gasteiger partial charge >= 0.3 is 5.69 Å². The number of nitrogens with zero attached hydrogens (tertiary/aromatic N) is 3. The predicted molar refractivity (Wildman–Crippen MR) is 110 cm³/mol. The Bertz CT molecular complexity index is 1090. The van der Waals surface area contributed by atoms with E-state index in [1.54, 1.807) is 0 Å². The quantitative estimate of drug-likeness (QED) is 0.511. The van der Waals surface area contributed by atoms with Crippen LogP contribution in [0.1, 0.15) is 16.7 Å².